The summed E-state index contributed by atoms with van der Waals surface area (Å²) in [7, 11) is 0. The molecule has 1 unspecified atom stereocenters. The number of rotatable bonds is 4. The second-order valence-electron chi connectivity index (χ2n) is 5.51. The van der Waals surface area contributed by atoms with Crippen molar-refractivity contribution in [3.05, 3.63) is 29.3 Å². The van der Waals surface area contributed by atoms with Gasteiger partial charge in [-0.3, -0.25) is 9.59 Å². The molecule has 4 nitrogen and oxygen atoms in total. The van der Waals surface area contributed by atoms with Gasteiger partial charge < -0.3 is 10.2 Å². The Labute approximate surface area is 117 Å². The van der Waals surface area contributed by atoms with Crippen LogP contribution in [0.3, 0.4) is 0 Å². The minimum absolute atomic E-state index is 0.0818. The van der Waals surface area contributed by atoms with Crippen molar-refractivity contribution in [2.75, 3.05) is 0 Å². The summed E-state index contributed by atoms with van der Waals surface area (Å²) in [4.78, 5) is 22.3. The molecule has 0 heterocycles. The molecule has 0 saturated heterocycles. The van der Waals surface area contributed by atoms with Crippen molar-refractivity contribution >= 4 is 23.7 Å². The Kier molecular flexibility index (Phi) is 4.63. The van der Waals surface area contributed by atoms with Gasteiger partial charge in [0.2, 0.25) is 0 Å². The number of thiol groups is 1. The molecule has 0 spiro atoms. The summed E-state index contributed by atoms with van der Waals surface area (Å²) in [5.41, 5.74) is 1.08. The van der Waals surface area contributed by atoms with Crippen molar-refractivity contribution in [2.24, 2.45) is 0 Å². The number of aromatic hydroxyl groups is 1. The van der Waals surface area contributed by atoms with E-state index in [0.717, 1.165) is 5.56 Å². The second-order valence-corrected chi connectivity index (χ2v) is 5.95. The molecule has 0 aliphatic heterocycles. The van der Waals surface area contributed by atoms with Crippen LogP contribution >= 0.6 is 12.6 Å². The van der Waals surface area contributed by atoms with Crippen molar-refractivity contribution in [2.45, 2.75) is 38.5 Å². The van der Waals surface area contributed by atoms with Crippen molar-refractivity contribution in [1.29, 1.82) is 0 Å². The van der Waals surface area contributed by atoms with Gasteiger partial charge in [0.25, 0.3) is 0 Å². The molecular formula is C14H18O4S. The maximum absolute atomic E-state index is 11.5. The Morgan fingerprint density at radius 3 is 2.32 bits per heavy atom. The van der Waals surface area contributed by atoms with Crippen LogP contribution in [0.15, 0.2) is 18.2 Å². The number of carbonyl (C=O) groups excluding carboxylic acids is 1. The summed E-state index contributed by atoms with van der Waals surface area (Å²) in [6, 6.07) is 4.93. The average Bonchev–Trinajstić information content (AvgIpc) is 2.24. The maximum atomic E-state index is 11.5. The number of benzene rings is 1. The lowest BCUT2D eigenvalue weighted by molar-refractivity contribution is -0.138. The van der Waals surface area contributed by atoms with E-state index in [2.05, 4.69) is 12.6 Å². The zero-order chi connectivity index (χ0) is 14.8. The third-order valence-electron chi connectivity index (χ3n) is 2.95. The summed E-state index contributed by atoms with van der Waals surface area (Å²) in [5, 5.41) is 18.1. The third-order valence-corrected chi connectivity index (χ3v) is 3.26. The quantitative estimate of drug-likeness (QED) is 0.742. The van der Waals surface area contributed by atoms with Crippen LogP contribution in [-0.4, -0.2) is 21.3 Å². The molecule has 0 aliphatic rings. The Bertz CT molecular complexity index is 503. The highest BCUT2D eigenvalue weighted by Gasteiger charge is 2.26. The van der Waals surface area contributed by atoms with Gasteiger partial charge in [-0.25, -0.2) is 0 Å². The number of carbonyl (C=O) groups is 2. The van der Waals surface area contributed by atoms with Crippen LogP contribution in [-0.2, 0) is 15.0 Å². The lowest BCUT2D eigenvalue weighted by atomic mass is 9.84. The molecule has 1 rings (SSSR count). The molecular weight excluding hydrogens is 264 g/mol. The summed E-state index contributed by atoms with van der Waals surface area (Å²) in [6.07, 6.45) is -0.385. The van der Waals surface area contributed by atoms with Crippen molar-refractivity contribution in [1.82, 2.24) is 0 Å². The first kappa shape index (κ1) is 15.6. The fourth-order valence-electron chi connectivity index (χ4n) is 1.81. The summed E-state index contributed by atoms with van der Waals surface area (Å²) in [6.45, 7) is 5.99. The maximum Gasteiger partial charge on any atom is 0.304 e. The first-order chi connectivity index (χ1) is 8.62. The molecule has 104 valence electrons. The van der Waals surface area contributed by atoms with Gasteiger partial charge in [0, 0.05) is 5.56 Å². The first-order valence-electron chi connectivity index (χ1n) is 5.91. The SMILES string of the molecule is CC(C)(C)c1ccc(O)c(C(CC(=O)O)C(=O)S)c1. The molecule has 2 N–H and O–H groups in total. The molecule has 19 heavy (non-hydrogen) atoms. The number of carboxylic acids is 1. The Morgan fingerprint density at radius 2 is 1.89 bits per heavy atom. The van der Waals surface area contributed by atoms with Gasteiger partial charge in [0.15, 0.2) is 5.12 Å². The van der Waals surface area contributed by atoms with E-state index in [1.54, 1.807) is 12.1 Å². The fraction of sp³-hybridized carbons (Fsp3) is 0.429. The van der Waals surface area contributed by atoms with E-state index in [4.69, 9.17) is 5.11 Å². The van der Waals surface area contributed by atoms with Crippen molar-refractivity contribution < 1.29 is 19.8 Å². The van der Waals surface area contributed by atoms with E-state index in [0.29, 0.717) is 5.56 Å². The van der Waals surface area contributed by atoms with Crippen LogP contribution in [0, 0.1) is 0 Å². The van der Waals surface area contributed by atoms with E-state index in [1.165, 1.54) is 6.07 Å². The number of carboxylic acid groups (broad SMARTS) is 1. The zero-order valence-corrected chi connectivity index (χ0v) is 12.1. The number of hydrogen-bond donors (Lipinski definition) is 3. The molecule has 5 heteroatoms. The predicted octanol–water partition coefficient (Wildman–Crippen LogP) is 2.70. The highest BCUT2D eigenvalue weighted by molar-refractivity contribution is 7.96. The second kappa shape index (κ2) is 5.65. The van der Waals surface area contributed by atoms with E-state index < -0.39 is 17.0 Å². The molecule has 1 aromatic carbocycles. The lowest BCUT2D eigenvalue weighted by Gasteiger charge is -2.22. The highest BCUT2D eigenvalue weighted by atomic mass is 32.1. The third kappa shape index (κ3) is 3.99. The topological polar surface area (TPSA) is 74.6 Å². The molecule has 0 bridgehead atoms. The van der Waals surface area contributed by atoms with E-state index >= 15 is 0 Å². The van der Waals surface area contributed by atoms with Gasteiger partial charge in [-0.15, -0.1) is 12.6 Å². The largest absolute Gasteiger partial charge is 0.508 e. The summed E-state index contributed by atoms with van der Waals surface area (Å²) < 4.78 is 0. The van der Waals surface area contributed by atoms with Gasteiger partial charge in [-0.1, -0.05) is 32.9 Å². The molecule has 1 aromatic rings. The molecule has 0 fully saturated rings. The van der Waals surface area contributed by atoms with Crippen LogP contribution in [0.1, 0.15) is 44.2 Å². The van der Waals surface area contributed by atoms with Crippen molar-refractivity contribution in [3.8, 4) is 5.75 Å². The standard InChI is InChI=1S/C14H18O4S/c1-14(2,3)8-4-5-11(15)9(6-8)10(13(18)19)7-12(16)17/h4-6,10,15H,7H2,1-3H3,(H,16,17)(H,18,19). The van der Waals surface area contributed by atoms with Gasteiger partial charge >= 0.3 is 5.97 Å². The Morgan fingerprint density at radius 1 is 1.32 bits per heavy atom. The summed E-state index contributed by atoms with van der Waals surface area (Å²) >= 11 is 3.72. The fourth-order valence-corrected chi connectivity index (χ4v) is 2.04. The minimum atomic E-state index is -1.10. The lowest BCUT2D eigenvalue weighted by Crippen LogP contribution is -2.15. The van der Waals surface area contributed by atoms with E-state index in [9.17, 15) is 14.7 Å². The van der Waals surface area contributed by atoms with Gasteiger partial charge in [-0.05, 0) is 17.0 Å². The predicted molar refractivity (Wildman–Crippen MR) is 75.8 cm³/mol. The molecule has 0 saturated carbocycles. The van der Waals surface area contributed by atoms with Crippen LogP contribution in [0.25, 0.3) is 0 Å². The van der Waals surface area contributed by atoms with Crippen LogP contribution in [0.4, 0.5) is 0 Å². The first-order valence-corrected chi connectivity index (χ1v) is 6.35. The molecule has 0 aromatic heterocycles. The van der Waals surface area contributed by atoms with Crippen LogP contribution < -0.4 is 0 Å². The minimum Gasteiger partial charge on any atom is -0.508 e. The van der Waals surface area contributed by atoms with Crippen molar-refractivity contribution in [3.63, 3.8) is 0 Å². The van der Waals surface area contributed by atoms with E-state index in [1.807, 2.05) is 20.8 Å². The highest BCUT2D eigenvalue weighted by Crippen LogP contribution is 2.34. The average molecular weight is 282 g/mol. The molecule has 0 aliphatic carbocycles. The molecule has 0 amide bonds. The Hall–Kier alpha value is -1.49. The van der Waals surface area contributed by atoms with Gasteiger partial charge in [-0.2, -0.15) is 0 Å². The monoisotopic (exact) mass is 282 g/mol. The number of hydrogen-bond acceptors (Lipinski definition) is 3. The van der Waals surface area contributed by atoms with Crippen LogP contribution in [0.2, 0.25) is 0 Å². The van der Waals surface area contributed by atoms with Gasteiger partial charge in [0.05, 0.1) is 12.3 Å². The Balaban J connectivity index is 3.29. The zero-order valence-electron chi connectivity index (χ0n) is 11.2. The number of phenols is 1. The molecule has 1 atom stereocenters. The van der Waals surface area contributed by atoms with E-state index in [-0.39, 0.29) is 17.6 Å². The molecule has 0 radical (unpaired) electrons. The smallest absolute Gasteiger partial charge is 0.304 e. The van der Waals surface area contributed by atoms with Gasteiger partial charge in [0.1, 0.15) is 5.75 Å². The number of aliphatic carboxylic acids is 1. The normalized spacial score (nSPS) is 13.1. The van der Waals surface area contributed by atoms with Crippen LogP contribution in [0.5, 0.6) is 5.75 Å². The number of phenolic OH excluding ortho intramolecular Hbond substituents is 1. The summed E-state index contributed by atoms with van der Waals surface area (Å²) in [5.74, 6) is -2.13.